The molecule has 1 saturated carbocycles. The lowest BCUT2D eigenvalue weighted by molar-refractivity contribution is 0.119. The summed E-state index contributed by atoms with van der Waals surface area (Å²) in [6, 6.07) is 4.80. The molecule has 1 aromatic carbocycles. The predicted molar refractivity (Wildman–Crippen MR) is 103 cm³/mol. The van der Waals surface area contributed by atoms with E-state index < -0.39 is 0 Å². The summed E-state index contributed by atoms with van der Waals surface area (Å²) in [6.07, 6.45) is 5.07. The second kappa shape index (κ2) is 7.23. The molecule has 6 heteroatoms. The number of fused-ring (bicyclic) bond motifs is 1. The number of rotatable bonds is 6. The number of ether oxygens (including phenoxy) is 1. The summed E-state index contributed by atoms with van der Waals surface area (Å²) in [6.45, 7) is 8.69. The molecule has 1 aliphatic heterocycles. The summed E-state index contributed by atoms with van der Waals surface area (Å²) >= 11 is 3.68. The third kappa shape index (κ3) is 3.85. The fourth-order valence-electron chi connectivity index (χ4n) is 3.62. The van der Waals surface area contributed by atoms with E-state index in [9.17, 15) is 0 Å². The molecule has 136 valence electrons. The maximum Gasteiger partial charge on any atom is 0.135 e. The van der Waals surface area contributed by atoms with Gasteiger partial charge in [0.25, 0.3) is 0 Å². The Morgan fingerprint density at radius 3 is 2.60 bits per heavy atom. The Morgan fingerprint density at radius 1 is 1.16 bits per heavy atom. The number of hydrogen-bond acceptors (Lipinski definition) is 4. The molecule has 2 fully saturated rings. The van der Waals surface area contributed by atoms with Crippen molar-refractivity contribution in [1.82, 2.24) is 19.9 Å². The van der Waals surface area contributed by atoms with E-state index in [2.05, 4.69) is 57.1 Å². The van der Waals surface area contributed by atoms with Crippen molar-refractivity contribution in [3.63, 3.8) is 0 Å². The summed E-state index contributed by atoms with van der Waals surface area (Å²) in [5, 5.41) is 8.69. The van der Waals surface area contributed by atoms with Crippen molar-refractivity contribution in [1.29, 1.82) is 0 Å². The lowest BCUT2D eigenvalue weighted by Gasteiger charge is -2.34. The topological polar surface area (TPSA) is 43.2 Å². The molecule has 25 heavy (non-hydrogen) atoms. The molecule has 2 aliphatic rings. The first-order chi connectivity index (χ1) is 12.1. The van der Waals surface area contributed by atoms with E-state index in [4.69, 9.17) is 4.74 Å². The van der Waals surface area contributed by atoms with E-state index in [1.54, 1.807) is 0 Å². The average molecular weight is 407 g/mol. The highest BCUT2D eigenvalue weighted by Gasteiger charge is 2.24. The summed E-state index contributed by atoms with van der Waals surface area (Å²) in [4.78, 5) is 2.55. The largest absolute Gasteiger partial charge is 0.492 e. The zero-order chi connectivity index (χ0) is 17.4. The van der Waals surface area contributed by atoms with Crippen molar-refractivity contribution < 1.29 is 4.74 Å². The van der Waals surface area contributed by atoms with E-state index in [0.29, 0.717) is 12.0 Å². The van der Waals surface area contributed by atoms with Gasteiger partial charge in [-0.05, 0) is 92.5 Å². The molecular formula is C19H27BrN4O. The van der Waals surface area contributed by atoms with Crippen LogP contribution in [0.5, 0.6) is 5.75 Å². The van der Waals surface area contributed by atoms with Gasteiger partial charge in [-0.15, -0.1) is 5.10 Å². The number of halogens is 1. The van der Waals surface area contributed by atoms with Gasteiger partial charge in [-0.3, -0.25) is 0 Å². The Morgan fingerprint density at radius 2 is 1.92 bits per heavy atom. The minimum absolute atomic E-state index is 0.642. The highest BCUT2D eigenvalue weighted by Crippen LogP contribution is 2.35. The van der Waals surface area contributed by atoms with Gasteiger partial charge in [0.1, 0.15) is 11.3 Å². The number of hydrogen-bond donors (Lipinski definition) is 0. The van der Waals surface area contributed by atoms with Crippen LogP contribution in [0, 0.1) is 11.8 Å². The molecule has 0 atom stereocenters. The van der Waals surface area contributed by atoms with Gasteiger partial charge in [0.2, 0.25) is 0 Å². The summed E-state index contributed by atoms with van der Waals surface area (Å²) in [5.74, 6) is 2.32. The van der Waals surface area contributed by atoms with Gasteiger partial charge in [0.05, 0.1) is 16.6 Å². The Balaban J connectivity index is 1.39. The second-order valence-electron chi connectivity index (χ2n) is 7.84. The van der Waals surface area contributed by atoms with Crippen molar-refractivity contribution in [3.05, 3.63) is 16.6 Å². The lowest BCUT2D eigenvalue weighted by atomic mass is 9.97. The fraction of sp³-hybridized carbons (Fsp3) is 0.684. The zero-order valence-corrected chi connectivity index (χ0v) is 16.7. The molecule has 0 bridgehead atoms. The molecule has 0 radical (unpaired) electrons. The fourth-order valence-corrected chi connectivity index (χ4v) is 4.15. The van der Waals surface area contributed by atoms with Crippen LogP contribution < -0.4 is 4.74 Å². The number of benzene rings is 1. The first-order valence-corrected chi connectivity index (χ1v) is 10.3. The zero-order valence-electron chi connectivity index (χ0n) is 15.1. The molecule has 2 heterocycles. The van der Waals surface area contributed by atoms with E-state index >= 15 is 0 Å². The highest BCUT2D eigenvalue weighted by atomic mass is 79.9. The summed E-state index contributed by atoms with van der Waals surface area (Å²) in [5.41, 5.74) is 2.00. The van der Waals surface area contributed by atoms with Crippen LogP contribution in [0.15, 0.2) is 16.6 Å². The van der Waals surface area contributed by atoms with Crippen LogP contribution in [0.25, 0.3) is 11.0 Å². The monoisotopic (exact) mass is 406 g/mol. The summed E-state index contributed by atoms with van der Waals surface area (Å²) in [7, 11) is 0. The molecule has 0 N–H and O–H groups in total. The van der Waals surface area contributed by atoms with Crippen LogP contribution in [0.1, 0.15) is 39.5 Å². The smallest absolute Gasteiger partial charge is 0.135 e. The van der Waals surface area contributed by atoms with Gasteiger partial charge < -0.3 is 9.64 Å². The molecule has 1 aromatic heterocycles. The van der Waals surface area contributed by atoms with E-state index in [0.717, 1.165) is 40.3 Å². The first-order valence-electron chi connectivity index (χ1n) is 9.50. The lowest BCUT2D eigenvalue weighted by Crippen LogP contribution is -2.39. The van der Waals surface area contributed by atoms with Crippen LogP contribution in [-0.4, -0.2) is 45.6 Å². The van der Waals surface area contributed by atoms with Crippen LogP contribution in [-0.2, 0) is 6.54 Å². The maximum atomic E-state index is 6.14. The minimum atomic E-state index is 0.642. The van der Waals surface area contributed by atoms with Crippen LogP contribution >= 0.6 is 15.9 Å². The third-order valence-corrected chi connectivity index (χ3v) is 6.34. The number of piperidine rings is 1. The van der Waals surface area contributed by atoms with Gasteiger partial charge >= 0.3 is 0 Å². The van der Waals surface area contributed by atoms with Crippen molar-refractivity contribution in [2.45, 2.75) is 52.1 Å². The highest BCUT2D eigenvalue weighted by molar-refractivity contribution is 9.10. The number of aromatic nitrogens is 3. The van der Waals surface area contributed by atoms with Gasteiger partial charge in [-0.25, -0.2) is 4.68 Å². The molecule has 4 rings (SSSR count). The Hall–Kier alpha value is -1.14. The Bertz CT molecular complexity index is 732. The predicted octanol–water partition coefficient (Wildman–Crippen LogP) is 4.10. The molecule has 1 aliphatic carbocycles. The maximum absolute atomic E-state index is 6.14. The van der Waals surface area contributed by atoms with Crippen molar-refractivity contribution >= 4 is 27.0 Å². The van der Waals surface area contributed by atoms with E-state index in [1.165, 1.54) is 38.8 Å². The van der Waals surface area contributed by atoms with E-state index in [1.807, 2.05) is 4.68 Å². The Kier molecular flexibility index (Phi) is 5.00. The SMILES string of the molecule is CC(C)N1CCC(COc2ccc3c(nnn3CC3CC3)c2Br)CC1. The van der Waals surface area contributed by atoms with Crippen LogP contribution in [0.3, 0.4) is 0 Å². The van der Waals surface area contributed by atoms with Gasteiger partial charge in [-0.1, -0.05) is 5.21 Å². The molecule has 0 unspecified atom stereocenters. The molecular weight excluding hydrogens is 380 g/mol. The number of likely N-dealkylation sites (tertiary alicyclic amines) is 1. The second-order valence-corrected chi connectivity index (χ2v) is 8.64. The standard InChI is InChI=1S/C19H27BrN4O/c1-13(2)23-9-7-15(8-10-23)12-25-17-6-5-16-19(18(17)20)21-22-24(16)11-14-3-4-14/h5-6,13-15H,3-4,7-12H2,1-2H3. The molecule has 2 aromatic rings. The Labute approximate surface area is 157 Å². The molecule has 5 nitrogen and oxygen atoms in total. The first kappa shape index (κ1) is 17.3. The van der Waals surface area contributed by atoms with Crippen molar-refractivity contribution in [2.24, 2.45) is 11.8 Å². The molecule has 0 spiro atoms. The quantitative estimate of drug-likeness (QED) is 0.723. The van der Waals surface area contributed by atoms with Crippen molar-refractivity contribution in [2.75, 3.05) is 19.7 Å². The van der Waals surface area contributed by atoms with Crippen LogP contribution in [0.2, 0.25) is 0 Å². The summed E-state index contributed by atoms with van der Waals surface area (Å²) < 4.78 is 9.11. The molecule has 1 saturated heterocycles. The average Bonchev–Trinajstić information content (AvgIpc) is 3.33. The van der Waals surface area contributed by atoms with Gasteiger partial charge in [-0.2, -0.15) is 0 Å². The van der Waals surface area contributed by atoms with Gasteiger partial charge in [0.15, 0.2) is 0 Å². The number of nitrogens with zero attached hydrogens (tertiary/aromatic N) is 4. The van der Waals surface area contributed by atoms with E-state index in [-0.39, 0.29) is 0 Å². The minimum Gasteiger partial charge on any atom is -0.492 e. The normalized spacial score (nSPS) is 19.8. The van der Waals surface area contributed by atoms with Gasteiger partial charge in [0, 0.05) is 12.6 Å². The van der Waals surface area contributed by atoms with Crippen molar-refractivity contribution in [3.8, 4) is 5.75 Å². The molecule has 0 amide bonds. The third-order valence-electron chi connectivity index (χ3n) is 5.57. The van der Waals surface area contributed by atoms with Crippen LogP contribution in [0.4, 0.5) is 0 Å².